The maximum Gasteiger partial charge on any atom is 0.325 e. The van der Waals surface area contributed by atoms with Crippen LogP contribution in [0.2, 0.25) is 0 Å². The van der Waals surface area contributed by atoms with E-state index in [0.29, 0.717) is 21.5 Å². The second-order valence-electron chi connectivity index (χ2n) is 6.72. The van der Waals surface area contributed by atoms with E-state index in [1.54, 1.807) is 6.07 Å². The van der Waals surface area contributed by atoms with Crippen LogP contribution in [0.5, 0.6) is 5.75 Å². The fourth-order valence-corrected chi connectivity index (χ4v) is 4.72. The van der Waals surface area contributed by atoms with Gasteiger partial charge in [0.2, 0.25) is 10.0 Å². The number of esters is 1. The summed E-state index contributed by atoms with van der Waals surface area (Å²) in [5.41, 5.74) is 2.19. The quantitative estimate of drug-likeness (QED) is 0.552. The Morgan fingerprint density at radius 3 is 2.55 bits per heavy atom. The molecule has 0 aliphatic rings. The molecule has 0 aliphatic carbocycles. The number of primary sulfonamides is 1. The zero-order valence-corrected chi connectivity index (χ0v) is 18.7. The van der Waals surface area contributed by atoms with Crippen molar-refractivity contribution < 1.29 is 27.5 Å². The first kappa shape index (κ1) is 22.7. The van der Waals surface area contributed by atoms with Crippen molar-refractivity contribution in [3.8, 4) is 5.75 Å². The number of nitrogens with zero attached hydrogens (tertiary/aromatic N) is 2. The number of benzene rings is 2. The van der Waals surface area contributed by atoms with Gasteiger partial charge in [-0.1, -0.05) is 29.0 Å². The van der Waals surface area contributed by atoms with Crippen LogP contribution in [0.1, 0.15) is 11.1 Å². The van der Waals surface area contributed by atoms with Crippen LogP contribution in [0.25, 0.3) is 10.2 Å². The molecule has 1 heterocycles. The number of methoxy groups -OCH3 is 2. The molecule has 0 bridgehead atoms. The Balaban J connectivity index is 2.09. The largest absolute Gasteiger partial charge is 0.496 e. The topological polar surface area (TPSA) is 130 Å². The molecule has 0 atom stereocenters. The van der Waals surface area contributed by atoms with Crippen LogP contribution in [0.15, 0.2) is 46.3 Å². The first-order chi connectivity index (χ1) is 14.6. The zero-order chi connectivity index (χ0) is 22.8. The second kappa shape index (κ2) is 9.00. The highest BCUT2D eigenvalue weighted by Gasteiger charge is 2.16. The fourth-order valence-electron chi connectivity index (χ4n) is 3.02. The van der Waals surface area contributed by atoms with Gasteiger partial charge in [-0.05, 0) is 31.2 Å². The third-order valence-electron chi connectivity index (χ3n) is 4.50. The van der Waals surface area contributed by atoms with Gasteiger partial charge >= 0.3 is 5.97 Å². The molecule has 1 amide bonds. The van der Waals surface area contributed by atoms with Crippen LogP contribution < -0.4 is 14.7 Å². The van der Waals surface area contributed by atoms with Crippen LogP contribution in [0.4, 0.5) is 0 Å². The number of thiazole rings is 1. The fraction of sp³-hybridized carbons (Fsp3) is 0.250. The smallest absolute Gasteiger partial charge is 0.325 e. The summed E-state index contributed by atoms with van der Waals surface area (Å²) < 4.78 is 35.4. The van der Waals surface area contributed by atoms with E-state index in [1.807, 2.05) is 19.1 Å². The highest BCUT2D eigenvalue weighted by atomic mass is 32.2. The molecule has 3 rings (SSSR count). The van der Waals surface area contributed by atoms with Crippen molar-refractivity contribution >= 4 is 43.5 Å². The van der Waals surface area contributed by atoms with Crippen molar-refractivity contribution in [2.24, 2.45) is 10.1 Å². The van der Waals surface area contributed by atoms with Gasteiger partial charge in [0.05, 0.1) is 35.8 Å². The summed E-state index contributed by atoms with van der Waals surface area (Å²) in [6, 6.07) is 9.74. The van der Waals surface area contributed by atoms with Crippen molar-refractivity contribution in [2.45, 2.75) is 24.8 Å². The molecule has 0 saturated heterocycles. The molecule has 31 heavy (non-hydrogen) atoms. The number of sulfonamides is 1. The summed E-state index contributed by atoms with van der Waals surface area (Å²) in [5.74, 6) is -0.407. The van der Waals surface area contributed by atoms with Crippen LogP contribution >= 0.6 is 11.3 Å². The predicted molar refractivity (Wildman–Crippen MR) is 115 cm³/mol. The number of nitrogens with two attached hydrogens (primary N) is 1. The number of aryl methyl sites for hydroxylation is 1. The van der Waals surface area contributed by atoms with E-state index < -0.39 is 21.9 Å². The van der Waals surface area contributed by atoms with Crippen molar-refractivity contribution in [3.05, 3.63) is 52.3 Å². The van der Waals surface area contributed by atoms with E-state index >= 15 is 0 Å². The van der Waals surface area contributed by atoms with Gasteiger partial charge in [-0.2, -0.15) is 4.99 Å². The second-order valence-corrected chi connectivity index (χ2v) is 9.29. The number of aromatic nitrogens is 1. The summed E-state index contributed by atoms with van der Waals surface area (Å²) >= 11 is 1.08. The first-order valence-corrected chi connectivity index (χ1v) is 11.4. The number of rotatable bonds is 6. The lowest BCUT2D eigenvalue weighted by atomic mass is 10.1. The number of carbonyl (C=O) groups is 2. The SMILES string of the molecule is COC(=O)Cn1c(=NC(=O)Cc2cc(C)ccc2OC)sc2cc(S(N)(=O)=O)ccc21. The van der Waals surface area contributed by atoms with E-state index in [9.17, 15) is 18.0 Å². The predicted octanol–water partition coefficient (Wildman–Crippen LogP) is 1.51. The Bertz CT molecular complexity index is 1340. The Morgan fingerprint density at radius 2 is 1.90 bits per heavy atom. The van der Waals surface area contributed by atoms with E-state index in [1.165, 1.54) is 37.0 Å². The monoisotopic (exact) mass is 463 g/mol. The molecule has 1 aromatic heterocycles. The van der Waals surface area contributed by atoms with Gasteiger partial charge in [0, 0.05) is 5.56 Å². The summed E-state index contributed by atoms with van der Waals surface area (Å²) in [5, 5.41) is 5.21. The molecule has 2 N–H and O–H groups in total. The first-order valence-electron chi connectivity index (χ1n) is 9.06. The lowest BCUT2D eigenvalue weighted by molar-refractivity contribution is -0.141. The minimum atomic E-state index is -3.91. The van der Waals surface area contributed by atoms with Crippen LogP contribution in [-0.4, -0.2) is 39.1 Å². The maximum absolute atomic E-state index is 12.7. The molecule has 0 radical (unpaired) electrons. The number of carbonyl (C=O) groups excluding carboxylic acids is 2. The molecule has 0 spiro atoms. The lowest BCUT2D eigenvalue weighted by Crippen LogP contribution is -2.22. The Hall–Kier alpha value is -3.02. The van der Waals surface area contributed by atoms with Crippen LogP contribution in [0, 0.1) is 6.92 Å². The van der Waals surface area contributed by atoms with E-state index in [4.69, 9.17) is 14.6 Å². The van der Waals surface area contributed by atoms with Gasteiger partial charge in [0.1, 0.15) is 12.3 Å². The number of hydrogen-bond acceptors (Lipinski definition) is 7. The van der Waals surface area contributed by atoms with E-state index in [2.05, 4.69) is 4.99 Å². The lowest BCUT2D eigenvalue weighted by Gasteiger charge is -2.07. The molecular weight excluding hydrogens is 442 g/mol. The molecule has 0 saturated carbocycles. The van der Waals surface area contributed by atoms with Gasteiger partial charge in [-0.25, -0.2) is 13.6 Å². The average molecular weight is 464 g/mol. The molecule has 0 unspecified atom stereocenters. The molecule has 164 valence electrons. The van der Waals surface area contributed by atoms with Crippen molar-refractivity contribution in [1.82, 2.24) is 4.57 Å². The van der Waals surface area contributed by atoms with Crippen molar-refractivity contribution in [3.63, 3.8) is 0 Å². The maximum atomic E-state index is 12.7. The van der Waals surface area contributed by atoms with Gasteiger partial charge in [-0.3, -0.25) is 9.59 Å². The molecular formula is C20H21N3O6S2. The Labute approximate surface area is 182 Å². The van der Waals surface area contributed by atoms with Crippen molar-refractivity contribution in [1.29, 1.82) is 0 Å². The van der Waals surface area contributed by atoms with Gasteiger partial charge < -0.3 is 14.0 Å². The summed E-state index contributed by atoms with van der Waals surface area (Å²) in [6.07, 6.45) is -0.000246. The van der Waals surface area contributed by atoms with Crippen LogP contribution in [-0.2, 0) is 37.3 Å². The third-order valence-corrected chi connectivity index (χ3v) is 6.45. The zero-order valence-electron chi connectivity index (χ0n) is 17.1. The van der Waals surface area contributed by atoms with E-state index in [0.717, 1.165) is 16.9 Å². The summed E-state index contributed by atoms with van der Waals surface area (Å²) in [4.78, 5) is 29.0. The average Bonchev–Trinajstić information content (AvgIpc) is 3.03. The number of ether oxygens (including phenoxy) is 2. The molecule has 0 aliphatic heterocycles. The van der Waals surface area contributed by atoms with Gasteiger partial charge in [-0.15, -0.1) is 0 Å². The molecule has 3 aromatic rings. The molecule has 0 fully saturated rings. The standard InChI is InChI=1S/C20H21N3O6S2/c1-12-4-7-16(28-2)13(8-12)9-18(24)22-20-23(11-19(25)29-3)15-6-5-14(31(21,26)27)10-17(15)30-20/h4-8,10H,9,11H2,1-3H3,(H2,21,26,27). The molecule has 9 nitrogen and oxygen atoms in total. The number of hydrogen-bond donors (Lipinski definition) is 1. The normalized spacial score (nSPS) is 12.2. The minimum Gasteiger partial charge on any atom is -0.496 e. The van der Waals surface area contributed by atoms with Crippen LogP contribution in [0.3, 0.4) is 0 Å². The Morgan fingerprint density at radius 1 is 1.16 bits per heavy atom. The summed E-state index contributed by atoms with van der Waals surface area (Å²) in [7, 11) is -1.13. The minimum absolute atomic E-state index is 0.000246. The highest BCUT2D eigenvalue weighted by molar-refractivity contribution is 7.89. The molecule has 2 aromatic carbocycles. The third kappa shape index (κ3) is 5.19. The van der Waals surface area contributed by atoms with Gasteiger partial charge in [0.25, 0.3) is 5.91 Å². The Kier molecular flexibility index (Phi) is 6.58. The molecule has 11 heteroatoms. The van der Waals surface area contributed by atoms with E-state index in [-0.39, 0.29) is 22.7 Å². The van der Waals surface area contributed by atoms with Crippen molar-refractivity contribution in [2.75, 3.05) is 14.2 Å². The number of fused-ring (bicyclic) bond motifs is 1. The highest BCUT2D eigenvalue weighted by Crippen LogP contribution is 2.22. The number of amides is 1. The summed E-state index contributed by atoms with van der Waals surface area (Å²) in [6.45, 7) is 1.72. The van der Waals surface area contributed by atoms with Gasteiger partial charge in [0.15, 0.2) is 4.80 Å².